The Morgan fingerprint density at radius 1 is 1.54 bits per heavy atom. The van der Waals surface area contributed by atoms with Crippen LogP contribution in [0.5, 0.6) is 5.75 Å². The molecule has 1 unspecified atom stereocenters. The summed E-state index contributed by atoms with van der Waals surface area (Å²) in [6.45, 7) is 2.57. The number of nitrogens with two attached hydrogens (primary N) is 1. The van der Waals surface area contributed by atoms with Crippen LogP contribution in [0.1, 0.15) is 13.3 Å². The van der Waals surface area contributed by atoms with Gasteiger partial charge >= 0.3 is 0 Å². The average Bonchev–Trinajstić information content (AvgIpc) is 2.14. The lowest BCUT2D eigenvalue weighted by Crippen LogP contribution is -2.25. The van der Waals surface area contributed by atoms with Crippen LogP contribution < -0.4 is 10.5 Å². The number of ether oxygens (including phenoxy) is 1. The molecule has 0 saturated carbocycles. The van der Waals surface area contributed by atoms with E-state index in [-0.39, 0.29) is 6.10 Å². The van der Waals surface area contributed by atoms with E-state index < -0.39 is 0 Å². The lowest BCUT2D eigenvalue weighted by atomic mass is 10.2. The summed E-state index contributed by atoms with van der Waals surface area (Å²) in [6.07, 6.45) is 0.988. The molecule has 1 atom stereocenters. The van der Waals surface area contributed by atoms with Crippen molar-refractivity contribution in [2.24, 2.45) is 5.73 Å². The number of halogens is 1. The van der Waals surface area contributed by atoms with Crippen molar-refractivity contribution in [1.29, 1.82) is 0 Å². The molecule has 0 bridgehead atoms. The van der Waals surface area contributed by atoms with Crippen LogP contribution in [0, 0.1) is 0 Å². The third-order valence-electron chi connectivity index (χ3n) is 1.82. The maximum absolute atomic E-state index is 5.80. The minimum atomic E-state index is 0.0819. The zero-order valence-corrected chi connectivity index (χ0v) is 8.42. The Morgan fingerprint density at radius 2 is 2.31 bits per heavy atom. The molecule has 0 aliphatic heterocycles. The standard InChI is InChI=1S/C10H14ClNO/c1-2-9(7-12)13-10-5-3-4-8(11)6-10/h3-6,9H,2,7,12H2,1H3. The molecule has 0 aliphatic carbocycles. The first-order valence-corrected chi connectivity index (χ1v) is 4.76. The van der Waals surface area contributed by atoms with E-state index in [1.165, 1.54) is 0 Å². The van der Waals surface area contributed by atoms with Crippen molar-refractivity contribution in [2.45, 2.75) is 19.4 Å². The van der Waals surface area contributed by atoms with E-state index in [0.717, 1.165) is 12.2 Å². The van der Waals surface area contributed by atoms with Crippen LogP contribution >= 0.6 is 11.6 Å². The van der Waals surface area contributed by atoms with Gasteiger partial charge < -0.3 is 10.5 Å². The zero-order valence-electron chi connectivity index (χ0n) is 7.66. The zero-order chi connectivity index (χ0) is 9.68. The van der Waals surface area contributed by atoms with Crippen molar-refractivity contribution in [1.82, 2.24) is 0 Å². The van der Waals surface area contributed by atoms with Crippen LogP contribution in [0.2, 0.25) is 5.02 Å². The average molecular weight is 200 g/mol. The predicted octanol–water partition coefficient (Wildman–Crippen LogP) is 2.46. The minimum Gasteiger partial charge on any atom is -0.489 e. The Bertz CT molecular complexity index is 261. The molecule has 2 nitrogen and oxygen atoms in total. The molecule has 13 heavy (non-hydrogen) atoms. The molecule has 0 amide bonds. The predicted molar refractivity (Wildman–Crippen MR) is 55.2 cm³/mol. The van der Waals surface area contributed by atoms with Crippen LogP contribution in [0.25, 0.3) is 0 Å². The summed E-state index contributed by atoms with van der Waals surface area (Å²) in [5.41, 5.74) is 5.51. The highest BCUT2D eigenvalue weighted by Crippen LogP contribution is 2.18. The van der Waals surface area contributed by atoms with E-state index in [4.69, 9.17) is 22.1 Å². The third-order valence-corrected chi connectivity index (χ3v) is 2.05. The first-order valence-electron chi connectivity index (χ1n) is 4.38. The lowest BCUT2D eigenvalue weighted by Gasteiger charge is -2.15. The molecule has 0 spiro atoms. The summed E-state index contributed by atoms with van der Waals surface area (Å²) in [5, 5.41) is 0.685. The number of hydrogen-bond acceptors (Lipinski definition) is 2. The van der Waals surface area contributed by atoms with Crippen molar-refractivity contribution >= 4 is 11.6 Å². The van der Waals surface area contributed by atoms with Gasteiger partial charge in [-0.3, -0.25) is 0 Å². The van der Waals surface area contributed by atoms with E-state index in [1.807, 2.05) is 25.1 Å². The van der Waals surface area contributed by atoms with Gasteiger partial charge in [0.2, 0.25) is 0 Å². The number of rotatable bonds is 4. The van der Waals surface area contributed by atoms with Crippen LogP contribution in [-0.4, -0.2) is 12.6 Å². The molecule has 72 valence electrons. The van der Waals surface area contributed by atoms with Gasteiger partial charge in [-0.05, 0) is 24.6 Å². The highest BCUT2D eigenvalue weighted by Gasteiger charge is 2.04. The first kappa shape index (κ1) is 10.4. The fraction of sp³-hybridized carbons (Fsp3) is 0.400. The SMILES string of the molecule is CCC(CN)Oc1cccc(Cl)c1. The highest BCUT2D eigenvalue weighted by molar-refractivity contribution is 6.30. The summed E-state index contributed by atoms with van der Waals surface area (Å²) in [4.78, 5) is 0. The van der Waals surface area contributed by atoms with Crippen LogP contribution in [-0.2, 0) is 0 Å². The second-order valence-corrected chi connectivity index (χ2v) is 3.28. The van der Waals surface area contributed by atoms with E-state index >= 15 is 0 Å². The molecule has 0 heterocycles. The molecular weight excluding hydrogens is 186 g/mol. The molecule has 0 saturated heterocycles. The van der Waals surface area contributed by atoms with Crippen molar-refractivity contribution in [3.8, 4) is 5.75 Å². The minimum absolute atomic E-state index is 0.0819. The molecule has 0 radical (unpaired) electrons. The normalized spacial score (nSPS) is 12.5. The summed E-state index contributed by atoms with van der Waals surface area (Å²) in [6, 6.07) is 7.35. The molecule has 2 N–H and O–H groups in total. The van der Waals surface area contributed by atoms with Gasteiger partial charge in [-0.1, -0.05) is 24.6 Å². The second kappa shape index (κ2) is 5.10. The summed E-state index contributed by atoms with van der Waals surface area (Å²) >= 11 is 5.80. The second-order valence-electron chi connectivity index (χ2n) is 2.84. The van der Waals surface area contributed by atoms with Crippen LogP contribution in [0.15, 0.2) is 24.3 Å². The van der Waals surface area contributed by atoms with Gasteiger partial charge in [0.1, 0.15) is 11.9 Å². The maximum Gasteiger partial charge on any atom is 0.121 e. The number of benzene rings is 1. The van der Waals surface area contributed by atoms with Gasteiger partial charge in [0.15, 0.2) is 0 Å². The van der Waals surface area contributed by atoms with Gasteiger partial charge in [-0.2, -0.15) is 0 Å². The topological polar surface area (TPSA) is 35.2 Å². The van der Waals surface area contributed by atoms with Gasteiger partial charge in [0.05, 0.1) is 0 Å². The summed E-state index contributed by atoms with van der Waals surface area (Å²) in [7, 11) is 0. The molecule has 1 aromatic rings. The smallest absolute Gasteiger partial charge is 0.121 e. The Morgan fingerprint density at radius 3 is 2.85 bits per heavy atom. The third kappa shape index (κ3) is 3.25. The molecule has 1 rings (SSSR count). The Kier molecular flexibility index (Phi) is 4.06. The maximum atomic E-state index is 5.80. The van der Waals surface area contributed by atoms with Gasteiger partial charge in [0.25, 0.3) is 0 Å². The molecular formula is C10H14ClNO. The largest absolute Gasteiger partial charge is 0.489 e. The Labute approximate surface area is 83.6 Å². The van der Waals surface area contributed by atoms with Crippen molar-refractivity contribution < 1.29 is 4.74 Å². The van der Waals surface area contributed by atoms with Crippen molar-refractivity contribution in [2.75, 3.05) is 6.54 Å². The molecule has 0 aromatic heterocycles. The molecule has 3 heteroatoms. The van der Waals surface area contributed by atoms with Crippen molar-refractivity contribution in [3.05, 3.63) is 29.3 Å². The monoisotopic (exact) mass is 199 g/mol. The van der Waals surface area contributed by atoms with E-state index in [2.05, 4.69) is 0 Å². The molecule has 0 aliphatic rings. The first-order chi connectivity index (χ1) is 6.26. The van der Waals surface area contributed by atoms with E-state index in [1.54, 1.807) is 6.07 Å². The lowest BCUT2D eigenvalue weighted by molar-refractivity contribution is 0.205. The van der Waals surface area contributed by atoms with Gasteiger partial charge in [0, 0.05) is 11.6 Å². The molecule has 0 fully saturated rings. The fourth-order valence-electron chi connectivity index (χ4n) is 1.03. The van der Waals surface area contributed by atoms with E-state index in [9.17, 15) is 0 Å². The number of hydrogen-bond donors (Lipinski definition) is 1. The van der Waals surface area contributed by atoms with E-state index in [0.29, 0.717) is 11.6 Å². The summed E-state index contributed by atoms with van der Waals surface area (Å²) in [5.74, 6) is 0.782. The van der Waals surface area contributed by atoms with Gasteiger partial charge in [-0.25, -0.2) is 0 Å². The Balaban J connectivity index is 2.62. The fourth-order valence-corrected chi connectivity index (χ4v) is 1.21. The van der Waals surface area contributed by atoms with Crippen LogP contribution in [0.3, 0.4) is 0 Å². The van der Waals surface area contributed by atoms with Crippen molar-refractivity contribution in [3.63, 3.8) is 0 Å². The Hall–Kier alpha value is -0.730. The highest BCUT2D eigenvalue weighted by atomic mass is 35.5. The molecule has 1 aromatic carbocycles. The van der Waals surface area contributed by atoms with Crippen LogP contribution in [0.4, 0.5) is 0 Å². The summed E-state index contributed by atoms with van der Waals surface area (Å²) < 4.78 is 5.58. The quantitative estimate of drug-likeness (QED) is 0.809. The van der Waals surface area contributed by atoms with Gasteiger partial charge in [-0.15, -0.1) is 0 Å².